The molecule has 1 rings (SSSR count). The topological polar surface area (TPSA) is 66.4 Å². The van der Waals surface area contributed by atoms with Crippen molar-refractivity contribution in [3.8, 4) is 0 Å². The van der Waals surface area contributed by atoms with Gasteiger partial charge in [0.1, 0.15) is 11.6 Å². The molecule has 0 heterocycles. The maximum atomic E-state index is 13.4. The van der Waals surface area contributed by atoms with Gasteiger partial charge in [-0.25, -0.2) is 8.78 Å². The van der Waals surface area contributed by atoms with E-state index in [0.717, 1.165) is 12.1 Å². The fourth-order valence-corrected chi connectivity index (χ4v) is 1.61. The number of carbonyl (C=O) groups is 2. The van der Waals surface area contributed by atoms with Gasteiger partial charge in [-0.05, 0) is 25.0 Å². The van der Waals surface area contributed by atoms with Crippen molar-refractivity contribution in [3.63, 3.8) is 0 Å². The number of nitrogens with one attached hydrogen (secondary N) is 1. The molecule has 0 aliphatic rings. The summed E-state index contributed by atoms with van der Waals surface area (Å²) in [6, 6.07) is 2.87. The molecule has 1 unspecified atom stereocenters. The second-order valence-electron chi connectivity index (χ2n) is 3.82. The Balaban J connectivity index is 2.76. The number of benzene rings is 1. The van der Waals surface area contributed by atoms with Gasteiger partial charge in [0.2, 0.25) is 6.41 Å². The van der Waals surface area contributed by atoms with Gasteiger partial charge in [0.25, 0.3) is 0 Å². The first-order valence-corrected chi connectivity index (χ1v) is 5.39. The van der Waals surface area contributed by atoms with Gasteiger partial charge >= 0.3 is 5.97 Å². The van der Waals surface area contributed by atoms with Crippen LogP contribution in [0.3, 0.4) is 0 Å². The van der Waals surface area contributed by atoms with E-state index in [0.29, 0.717) is 6.41 Å². The quantitative estimate of drug-likeness (QED) is 0.727. The molecule has 4 nitrogen and oxygen atoms in total. The molecule has 98 valence electrons. The molecule has 0 saturated carbocycles. The highest BCUT2D eigenvalue weighted by atomic mass is 19.1. The molecule has 1 aromatic carbocycles. The molecule has 0 fully saturated rings. The second-order valence-corrected chi connectivity index (χ2v) is 3.82. The Kier molecular flexibility index (Phi) is 5.23. The van der Waals surface area contributed by atoms with Gasteiger partial charge in [-0.1, -0.05) is 6.07 Å². The van der Waals surface area contributed by atoms with Crippen molar-refractivity contribution in [2.45, 2.75) is 25.3 Å². The van der Waals surface area contributed by atoms with E-state index in [4.69, 9.17) is 5.11 Å². The number of amides is 1. The minimum absolute atomic E-state index is 0.0788. The molecule has 6 heteroatoms. The van der Waals surface area contributed by atoms with Crippen LogP contribution >= 0.6 is 0 Å². The zero-order valence-corrected chi connectivity index (χ0v) is 9.53. The van der Waals surface area contributed by atoms with Crippen LogP contribution in [0, 0.1) is 11.6 Å². The van der Waals surface area contributed by atoms with Crippen molar-refractivity contribution < 1.29 is 23.5 Å². The number of halogens is 2. The van der Waals surface area contributed by atoms with Crippen LogP contribution in [-0.4, -0.2) is 23.5 Å². The third kappa shape index (κ3) is 4.12. The van der Waals surface area contributed by atoms with E-state index in [2.05, 4.69) is 5.32 Å². The molecule has 2 N–H and O–H groups in total. The fraction of sp³-hybridized carbons (Fsp3) is 0.333. The summed E-state index contributed by atoms with van der Waals surface area (Å²) in [6.07, 6.45) is 0.249. The van der Waals surface area contributed by atoms with Gasteiger partial charge < -0.3 is 10.4 Å². The summed E-state index contributed by atoms with van der Waals surface area (Å²) in [5.41, 5.74) is -0.151. The highest BCUT2D eigenvalue weighted by Gasteiger charge is 2.16. The van der Waals surface area contributed by atoms with Crippen molar-refractivity contribution in [2.75, 3.05) is 0 Å². The summed E-state index contributed by atoms with van der Waals surface area (Å²) in [7, 11) is 0. The first-order chi connectivity index (χ1) is 8.54. The van der Waals surface area contributed by atoms with E-state index in [-0.39, 0.29) is 24.8 Å². The number of carboxylic acids is 1. The molecule has 1 aromatic rings. The lowest BCUT2D eigenvalue weighted by atomic mass is 10.0. The first-order valence-electron chi connectivity index (χ1n) is 5.39. The maximum absolute atomic E-state index is 13.4. The van der Waals surface area contributed by atoms with Gasteiger partial charge in [-0.15, -0.1) is 0 Å². The minimum atomic E-state index is -1.03. The van der Waals surface area contributed by atoms with Crippen LogP contribution < -0.4 is 5.32 Å². The lowest BCUT2D eigenvalue weighted by molar-refractivity contribution is -0.137. The predicted molar refractivity (Wildman–Crippen MR) is 59.9 cm³/mol. The zero-order valence-electron chi connectivity index (χ0n) is 9.53. The molecule has 0 aromatic heterocycles. The molecular weight excluding hydrogens is 244 g/mol. The van der Waals surface area contributed by atoms with Crippen molar-refractivity contribution in [2.24, 2.45) is 0 Å². The lowest BCUT2D eigenvalue weighted by Gasteiger charge is -2.15. The van der Waals surface area contributed by atoms with E-state index < -0.39 is 23.6 Å². The highest BCUT2D eigenvalue weighted by molar-refractivity contribution is 5.66. The number of hydrogen-bond donors (Lipinski definition) is 2. The molecule has 0 aliphatic carbocycles. The predicted octanol–water partition coefficient (Wildman–Crippen LogP) is 1.49. The molecule has 0 radical (unpaired) electrons. The van der Waals surface area contributed by atoms with Gasteiger partial charge in [0.15, 0.2) is 0 Å². The average Bonchev–Trinajstić information content (AvgIpc) is 2.30. The highest BCUT2D eigenvalue weighted by Crippen LogP contribution is 2.15. The summed E-state index contributed by atoms with van der Waals surface area (Å²) in [6.45, 7) is 0. The number of aliphatic carboxylic acids is 1. The van der Waals surface area contributed by atoms with Crippen molar-refractivity contribution >= 4 is 12.4 Å². The van der Waals surface area contributed by atoms with Gasteiger partial charge in [0, 0.05) is 18.0 Å². The number of hydrogen-bond acceptors (Lipinski definition) is 2. The fourth-order valence-electron chi connectivity index (χ4n) is 1.61. The van der Waals surface area contributed by atoms with Gasteiger partial charge in [-0.3, -0.25) is 9.59 Å². The number of carbonyl (C=O) groups excluding carboxylic acids is 1. The van der Waals surface area contributed by atoms with Crippen LogP contribution in [0.15, 0.2) is 18.2 Å². The smallest absolute Gasteiger partial charge is 0.303 e. The van der Waals surface area contributed by atoms with Crippen molar-refractivity contribution in [1.29, 1.82) is 0 Å². The summed E-state index contributed by atoms with van der Waals surface area (Å²) >= 11 is 0. The minimum Gasteiger partial charge on any atom is -0.481 e. The monoisotopic (exact) mass is 257 g/mol. The molecule has 0 spiro atoms. The van der Waals surface area contributed by atoms with E-state index in [1.807, 2.05) is 0 Å². The molecule has 0 aliphatic heterocycles. The Labute approximate surface area is 103 Å². The van der Waals surface area contributed by atoms with Gasteiger partial charge in [-0.2, -0.15) is 0 Å². The molecule has 0 saturated heterocycles. The van der Waals surface area contributed by atoms with Crippen molar-refractivity contribution in [1.82, 2.24) is 5.32 Å². The van der Waals surface area contributed by atoms with Crippen LogP contribution in [0.2, 0.25) is 0 Å². The standard InChI is InChI=1S/C12H13F2NO3/c13-10-2-1-3-11(14)9(10)6-8(15-7-16)4-5-12(17)18/h1-3,7-8H,4-6H2,(H,15,16)(H,17,18). The maximum Gasteiger partial charge on any atom is 0.303 e. The summed E-state index contributed by atoms with van der Waals surface area (Å²) < 4.78 is 26.8. The molecule has 1 atom stereocenters. The van der Waals surface area contributed by atoms with E-state index >= 15 is 0 Å². The Bertz CT molecular complexity index is 417. The summed E-state index contributed by atoms with van der Waals surface area (Å²) in [5, 5.41) is 10.9. The largest absolute Gasteiger partial charge is 0.481 e. The Morgan fingerprint density at radius 3 is 2.50 bits per heavy atom. The zero-order chi connectivity index (χ0) is 13.5. The van der Waals surface area contributed by atoms with E-state index in [1.54, 1.807) is 0 Å². The molecular formula is C12H13F2NO3. The Morgan fingerprint density at radius 1 is 1.39 bits per heavy atom. The third-order valence-corrected chi connectivity index (χ3v) is 2.52. The van der Waals surface area contributed by atoms with Crippen LogP contribution in [0.25, 0.3) is 0 Å². The molecule has 0 bridgehead atoms. The second kappa shape index (κ2) is 6.68. The third-order valence-electron chi connectivity index (χ3n) is 2.52. The van der Waals surface area contributed by atoms with E-state index in [1.165, 1.54) is 6.07 Å². The SMILES string of the molecule is O=CNC(CCC(=O)O)Cc1c(F)cccc1F. The van der Waals surface area contributed by atoms with Crippen LogP contribution in [-0.2, 0) is 16.0 Å². The van der Waals surface area contributed by atoms with Crippen LogP contribution in [0.5, 0.6) is 0 Å². The first kappa shape index (κ1) is 14.1. The van der Waals surface area contributed by atoms with Crippen LogP contribution in [0.4, 0.5) is 8.78 Å². The Hall–Kier alpha value is -1.98. The average molecular weight is 257 g/mol. The number of carboxylic acid groups (broad SMARTS) is 1. The summed E-state index contributed by atoms with van der Waals surface area (Å²) in [5.74, 6) is -2.44. The molecule has 1 amide bonds. The van der Waals surface area contributed by atoms with Gasteiger partial charge in [0.05, 0.1) is 0 Å². The lowest BCUT2D eigenvalue weighted by Crippen LogP contribution is -2.31. The van der Waals surface area contributed by atoms with Crippen LogP contribution in [0.1, 0.15) is 18.4 Å². The normalized spacial score (nSPS) is 11.9. The molecule has 18 heavy (non-hydrogen) atoms. The number of rotatable bonds is 7. The summed E-state index contributed by atoms with van der Waals surface area (Å²) in [4.78, 5) is 20.8. The van der Waals surface area contributed by atoms with Crippen molar-refractivity contribution in [3.05, 3.63) is 35.4 Å². The van der Waals surface area contributed by atoms with E-state index in [9.17, 15) is 18.4 Å². The Morgan fingerprint density at radius 2 is 2.00 bits per heavy atom.